The highest BCUT2D eigenvalue weighted by Crippen LogP contribution is 2.20. The molecule has 0 radical (unpaired) electrons. The van der Waals surface area contributed by atoms with Gasteiger partial charge in [-0.1, -0.05) is 24.3 Å². The minimum Gasteiger partial charge on any atom is -0.337 e. The predicted octanol–water partition coefficient (Wildman–Crippen LogP) is 2.83. The topological polar surface area (TPSA) is 58.6 Å². The van der Waals surface area contributed by atoms with Crippen molar-refractivity contribution in [3.8, 4) is 11.4 Å². The molecule has 0 fully saturated rings. The van der Waals surface area contributed by atoms with Crippen molar-refractivity contribution in [2.75, 3.05) is 0 Å². The van der Waals surface area contributed by atoms with E-state index in [0.717, 1.165) is 22.4 Å². The van der Waals surface area contributed by atoms with Crippen molar-refractivity contribution in [1.82, 2.24) is 15.0 Å². The second-order valence-electron chi connectivity index (χ2n) is 4.11. The van der Waals surface area contributed by atoms with Crippen LogP contribution in [0, 0.1) is 0 Å². The number of hydrogen-bond donors (Lipinski definition) is 1. The van der Waals surface area contributed by atoms with Crippen LogP contribution < -0.4 is 0 Å². The zero-order chi connectivity index (χ0) is 12.5. The summed E-state index contributed by atoms with van der Waals surface area (Å²) in [6, 6.07) is 9.26. The lowest BCUT2D eigenvalue weighted by molar-refractivity contribution is 0.101. The number of hydrogen-bond acceptors (Lipinski definition) is 3. The van der Waals surface area contributed by atoms with Crippen LogP contribution in [0.1, 0.15) is 17.3 Å². The van der Waals surface area contributed by atoms with E-state index in [0.29, 0.717) is 5.56 Å². The van der Waals surface area contributed by atoms with Gasteiger partial charge in [-0.15, -0.1) is 0 Å². The maximum absolute atomic E-state index is 11.2. The number of H-pyrrole nitrogens is 1. The molecule has 0 saturated carbocycles. The molecule has 0 aliphatic carbocycles. The number of benzene rings is 1. The Labute approximate surface area is 104 Å². The van der Waals surface area contributed by atoms with Gasteiger partial charge in [-0.2, -0.15) is 0 Å². The van der Waals surface area contributed by atoms with Gasteiger partial charge in [-0.05, 0) is 13.0 Å². The van der Waals surface area contributed by atoms with Gasteiger partial charge in [-0.25, -0.2) is 4.98 Å². The van der Waals surface area contributed by atoms with Gasteiger partial charge < -0.3 is 4.98 Å². The van der Waals surface area contributed by atoms with Crippen LogP contribution in [0.5, 0.6) is 0 Å². The summed E-state index contributed by atoms with van der Waals surface area (Å²) in [5, 5.41) is 0. The first-order chi connectivity index (χ1) is 8.74. The number of carbonyl (C=O) groups is 1. The Morgan fingerprint density at radius 2 is 1.94 bits per heavy atom. The van der Waals surface area contributed by atoms with E-state index in [1.165, 1.54) is 0 Å². The minimum atomic E-state index is 0.0651. The van der Waals surface area contributed by atoms with Crippen LogP contribution in [0.25, 0.3) is 22.4 Å². The van der Waals surface area contributed by atoms with Crippen molar-refractivity contribution in [3.63, 3.8) is 0 Å². The number of pyridine rings is 1. The fraction of sp³-hybridized carbons (Fsp3) is 0.0714. The lowest BCUT2D eigenvalue weighted by Gasteiger charge is -1.98. The monoisotopic (exact) mass is 237 g/mol. The number of fused-ring (bicyclic) bond motifs is 1. The predicted molar refractivity (Wildman–Crippen MR) is 69.3 cm³/mol. The Balaban J connectivity index is 2.06. The van der Waals surface area contributed by atoms with E-state index in [1.807, 2.05) is 30.3 Å². The van der Waals surface area contributed by atoms with Gasteiger partial charge in [0.15, 0.2) is 5.78 Å². The third-order valence-electron chi connectivity index (χ3n) is 2.85. The Bertz CT molecular complexity index is 680. The zero-order valence-corrected chi connectivity index (χ0v) is 9.84. The molecule has 4 heteroatoms. The molecule has 1 N–H and O–H groups in total. The molecule has 0 unspecified atom stereocenters. The van der Waals surface area contributed by atoms with Crippen molar-refractivity contribution < 1.29 is 4.79 Å². The maximum Gasteiger partial charge on any atom is 0.159 e. The van der Waals surface area contributed by atoms with Crippen LogP contribution >= 0.6 is 0 Å². The molecule has 2 heterocycles. The quantitative estimate of drug-likeness (QED) is 0.697. The number of imidazole rings is 1. The summed E-state index contributed by atoms with van der Waals surface area (Å²) in [6.45, 7) is 1.56. The molecule has 0 amide bonds. The number of aromatic nitrogens is 3. The molecule has 3 rings (SSSR count). The number of ketones is 1. The third-order valence-corrected chi connectivity index (χ3v) is 2.85. The molecule has 2 aromatic heterocycles. The first-order valence-corrected chi connectivity index (χ1v) is 5.65. The summed E-state index contributed by atoms with van der Waals surface area (Å²) >= 11 is 0. The summed E-state index contributed by atoms with van der Waals surface area (Å²) in [7, 11) is 0. The van der Waals surface area contributed by atoms with Crippen LogP contribution in [0.4, 0.5) is 0 Å². The summed E-state index contributed by atoms with van der Waals surface area (Å²) in [5.74, 6) is 0.850. The largest absolute Gasteiger partial charge is 0.337 e. The molecule has 4 nitrogen and oxygen atoms in total. The summed E-state index contributed by atoms with van der Waals surface area (Å²) < 4.78 is 0. The number of Topliss-reactive ketones (excluding diaryl/α,β-unsaturated/α-hetero) is 1. The smallest absolute Gasteiger partial charge is 0.159 e. The molecule has 0 saturated heterocycles. The molecule has 0 aliphatic heterocycles. The molecular weight excluding hydrogens is 226 g/mol. The van der Waals surface area contributed by atoms with Gasteiger partial charge in [0, 0.05) is 17.3 Å². The minimum absolute atomic E-state index is 0.0651. The number of rotatable bonds is 2. The molecule has 0 aliphatic rings. The van der Waals surface area contributed by atoms with Crippen molar-refractivity contribution in [1.29, 1.82) is 0 Å². The maximum atomic E-state index is 11.2. The molecule has 0 atom stereocenters. The molecule has 0 bridgehead atoms. The normalized spacial score (nSPS) is 10.7. The SMILES string of the molecule is CC(=O)c1ccc(-c2nc3ccncc3[nH]2)cc1. The highest BCUT2D eigenvalue weighted by Gasteiger charge is 2.05. The van der Waals surface area contributed by atoms with Crippen molar-refractivity contribution in [2.24, 2.45) is 0 Å². The van der Waals surface area contributed by atoms with E-state index in [2.05, 4.69) is 15.0 Å². The summed E-state index contributed by atoms with van der Waals surface area (Å²) in [5.41, 5.74) is 3.45. The van der Waals surface area contributed by atoms with Crippen LogP contribution in [-0.2, 0) is 0 Å². The Morgan fingerprint density at radius 3 is 2.61 bits per heavy atom. The Morgan fingerprint density at radius 1 is 1.17 bits per heavy atom. The highest BCUT2D eigenvalue weighted by atomic mass is 16.1. The number of carbonyl (C=O) groups excluding carboxylic acids is 1. The fourth-order valence-corrected chi connectivity index (χ4v) is 1.86. The van der Waals surface area contributed by atoms with E-state index in [-0.39, 0.29) is 5.78 Å². The van der Waals surface area contributed by atoms with Gasteiger partial charge in [-0.3, -0.25) is 9.78 Å². The van der Waals surface area contributed by atoms with Crippen molar-refractivity contribution >= 4 is 16.8 Å². The van der Waals surface area contributed by atoms with Crippen molar-refractivity contribution in [2.45, 2.75) is 6.92 Å². The molecule has 3 aromatic rings. The van der Waals surface area contributed by atoms with Crippen LogP contribution in [-0.4, -0.2) is 20.7 Å². The van der Waals surface area contributed by atoms with Crippen molar-refractivity contribution in [3.05, 3.63) is 48.3 Å². The molecule has 1 aromatic carbocycles. The molecular formula is C14H11N3O. The Hall–Kier alpha value is -2.49. The van der Waals surface area contributed by atoms with E-state index < -0.39 is 0 Å². The fourth-order valence-electron chi connectivity index (χ4n) is 1.86. The van der Waals surface area contributed by atoms with Gasteiger partial charge >= 0.3 is 0 Å². The standard InChI is InChI=1S/C14H11N3O/c1-9(18)10-2-4-11(5-3-10)14-16-12-6-7-15-8-13(12)17-14/h2-8H,1H3,(H,16,17). The average Bonchev–Trinajstić information content (AvgIpc) is 2.82. The van der Waals surface area contributed by atoms with Crippen LogP contribution in [0.15, 0.2) is 42.7 Å². The molecule has 0 spiro atoms. The van der Waals surface area contributed by atoms with E-state index in [1.54, 1.807) is 19.3 Å². The van der Waals surface area contributed by atoms with Crippen LogP contribution in [0.3, 0.4) is 0 Å². The van der Waals surface area contributed by atoms with Gasteiger partial charge in [0.25, 0.3) is 0 Å². The molecule has 88 valence electrons. The number of nitrogens with one attached hydrogen (secondary N) is 1. The summed E-state index contributed by atoms with van der Waals surface area (Å²) in [6.07, 6.45) is 3.46. The lowest BCUT2D eigenvalue weighted by Crippen LogP contribution is -1.91. The third kappa shape index (κ3) is 1.78. The Kier molecular flexibility index (Phi) is 2.41. The summed E-state index contributed by atoms with van der Waals surface area (Å²) in [4.78, 5) is 22.9. The van der Waals surface area contributed by atoms with Gasteiger partial charge in [0.2, 0.25) is 0 Å². The van der Waals surface area contributed by atoms with E-state index >= 15 is 0 Å². The first-order valence-electron chi connectivity index (χ1n) is 5.65. The van der Waals surface area contributed by atoms with E-state index in [9.17, 15) is 4.79 Å². The van der Waals surface area contributed by atoms with Gasteiger partial charge in [0.1, 0.15) is 5.82 Å². The zero-order valence-electron chi connectivity index (χ0n) is 9.84. The first kappa shape index (κ1) is 10.7. The van der Waals surface area contributed by atoms with E-state index in [4.69, 9.17) is 0 Å². The second-order valence-corrected chi connectivity index (χ2v) is 4.11. The number of aromatic amines is 1. The van der Waals surface area contributed by atoms with Crippen LogP contribution in [0.2, 0.25) is 0 Å². The van der Waals surface area contributed by atoms with Gasteiger partial charge in [0.05, 0.1) is 17.2 Å². The average molecular weight is 237 g/mol. The molecule has 18 heavy (non-hydrogen) atoms. The number of nitrogens with zero attached hydrogens (tertiary/aromatic N) is 2. The highest BCUT2D eigenvalue weighted by molar-refractivity contribution is 5.94. The lowest BCUT2D eigenvalue weighted by atomic mass is 10.1. The second kappa shape index (κ2) is 4.07.